The van der Waals surface area contributed by atoms with Crippen molar-refractivity contribution < 1.29 is 9.59 Å². The maximum atomic E-state index is 12.2. The van der Waals surface area contributed by atoms with Crippen molar-refractivity contribution in [2.75, 3.05) is 32.7 Å². The average Bonchev–Trinajstić information content (AvgIpc) is 3.38. The third kappa shape index (κ3) is 5.08. The van der Waals surface area contributed by atoms with E-state index in [1.54, 1.807) is 24.3 Å². The second kappa shape index (κ2) is 7.81. The van der Waals surface area contributed by atoms with Crippen LogP contribution in [0.3, 0.4) is 0 Å². The third-order valence-electron chi connectivity index (χ3n) is 4.28. The summed E-state index contributed by atoms with van der Waals surface area (Å²) in [5.41, 5.74) is 0.947. The number of nitrogens with zero attached hydrogens (tertiary/aromatic N) is 2. The fourth-order valence-corrected chi connectivity index (χ4v) is 2.80. The van der Waals surface area contributed by atoms with Gasteiger partial charge in [0.1, 0.15) is 0 Å². The molecule has 0 aromatic heterocycles. The molecular weight excluding hydrogens is 326 g/mol. The van der Waals surface area contributed by atoms with Gasteiger partial charge in [0, 0.05) is 43.3 Å². The van der Waals surface area contributed by atoms with Gasteiger partial charge < -0.3 is 10.2 Å². The maximum absolute atomic E-state index is 12.2. The minimum Gasteiger partial charge on any atom is -0.352 e. The van der Waals surface area contributed by atoms with Crippen LogP contribution in [0.15, 0.2) is 30.3 Å². The van der Waals surface area contributed by atoms with Gasteiger partial charge in [-0.15, -0.1) is 0 Å². The molecule has 2 aliphatic rings. The van der Waals surface area contributed by atoms with E-state index in [1.807, 2.05) is 17.0 Å². The van der Waals surface area contributed by atoms with Crippen LogP contribution in [0.4, 0.5) is 0 Å². The van der Waals surface area contributed by atoms with Crippen LogP contribution >= 0.6 is 11.6 Å². The van der Waals surface area contributed by atoms with Crippen molar-refractivity contribution in [1.82, 2.24) is 15.1 Å². The van der Waals surface area contributed by atoms with E-state index >= 15 is 0 Å². The monoisotopic (exact) mass is 347 g/mol. The first-order chi connectivity index (χ1) is 11.6. The molecule has 0 radical (unpaired) electrons. The topological polar surface area (TPSA) is 52.7 Å². The quantitative estimate of drug-likeness (QED) is 0.826. The Kier molecular flexibility index (Phi) is 5.53. The lowest BCUT2D eigenvalue weighted by Gasteiger charge is -2.33. The molecule has 0 atom stereocenters. The number of amides is 2. The summed E-state index contributed by atoms with van der Waals surface area (Å²) in [6.07, 6.45) is 5.61. The molecule has 1 aliphatic heterocycles. The Morgan fingerprint density at radius 2 is 1.79 bits per heavy atom. The van der Waals surface area contributed by atoms with Gasteiger partial charge >= 0.3 is 0 Å². The van der Waals surface area contributed by atoms with E-state index in [4.69, 9.17) is 11.6 Å². The molecule has 1 heterocycles. The average molecular weight is 348 g/mol. The predicted octanol–water partition coefficient (Wildman–Crippen LogP) is 1.78. The zero-order valence-corrected chi connectivity index (χ0v) is 14.3. The summed E-state index contributed by atoms with van der Waals surface area (Å²) >= 11 is 5.84. The lowest BCUT2D eigenvalue weighted by Crippen LogP contribution is -2.51. The molecule has 128 valence electrons. The first-order valence-electron chi connectivity index (χ1n) is 8.34. The van der Waals surface area contributed by atoms with Gasteiger partial charge in [-0.25, -0.2) is 0 Å². The van der Waals surface area contributed by atoms with Gasteiger partial charge in [0.15, 0.2) is 0 Å². The fourth-order valence-electron chi connectivity index (χ4n) is 2.68. The summed E-state index contributed by atoms with van der Waals surface area (Å²) in [6.45, 7) is 3.21. The summed E-state index contributed by atoms with van der Waals surface area (Å²) in [7, 11) is 0. The van der Waals surface area contributed by atoms with Crippen molar-refractivity contribution in [3.8, 4) is 0 Å². The van der Waals surface area contributed by atoms with Crippen molar-refractivity contribution >= 4 is 29.5 Å². The molecular formula is C18H22ClN3O2. The Balaban J connectivity index is 1.42. The molecule has 0 spiro atoms. The minimum absolute atomic E-state index is 0.00651. The van der Waals surface area contributed by atoms with Crippen LogP contribution in [0.2, 0.25) is 5.02 Å². The summed E-state index contributed by atoms with van der Waals surface area (Å²) in [5.74, 6) is 0.104. The summed E-state index contributed by atoms with van der Waals surface area (Å²) < 4.78 is 0. The molecule has 1 saturated carbocycles. The van der Waals surface area contributed by atoms with Crippen LogP contribution in [0, 0.1) is 0 Å². The van der Waals surface area contributed by atoms with Crippen LogP contribution in [0.5, 0.6) is 0 Å². The van der Waals surface area contributed by atoms with Gasteiger partial charge in [-0.2, -0.15) is 0 Å². The van der Waals surface area contributed by atoms with Gasteiger partial charge in [0.05, 0.1) is 6.54 Å². The SMILES string of the molecule is O=C(CN1CCN(C(=O)/C=C\c2ccc(Cl)cc2)CC1)NC1CC1. The first kappa shape index (κ1) is 17.0. The van der Waals surface area contributed by atoms with Crippen LogP contribution in [-0.2, 0) is 9.59 Å². The highest BCUT2D eigenvalue weighted by molar-refractivity contribution is 6.30. The zero-order chi connectivity index (χ0) is 16.9. The number of piperazine rings is 1. The molecule has 2 amide bonds. The predicted molar refractivity (Wildman–Crippen MR) is 94.7 cm³/mol. The van der Waals surface area contributed by atoms with Gasteiger partial charge in [-0.3, -0.25) is 14.5 Å². The minimum atomic E-state index is 0.00651. The number of nitrogens with one attached hydrogen (secondary N) is 1. The van der Waals surface area contributed by atoms with Crippen molar-refractivity contribution in [1.29, 1.82) is 0 Å². The Labute approximate surface area is 147 Å². The molecule has 1 aliphatic carbocycles. The van der Waals surface area contributed by atoms with Gasteiger partial charge in [0.25, 0.3) is 0 Å². The highest BCUT2D eigenvalue weighted by atomic mass is 35.5. The normalized spacial score (nSPS) is 18.8. The standard InChI is InChI=1S/C18H22ClN3O2/c19-15-4-1-14(2-5-15)3-8-18(24)22-11-9-21(10-12-22)13-17(23)20-16-6-7-16/h1-5,8,16H,6-7,9-13H2,(H,20,23)/b8-3-. The highest BCUT2D eigenvalue weighted by Gasteiger charge is 2.25. The van der Waals surface area contributed by atoms with Gasteiger partial charge in [0.2, 0.25) is 11.8 Å². The Morgan fingerprint density at radius 3 is 2.42 bits per heavy atom. The molecule has 0 unspecified atom stereocenters. The Bertz CT molecular complexity index is 618. The largest absolute Gasteiger partial charge is 0.352 e. The molecule has 2 fully saturated rings. The molecule has 24 heavy (non-hydrogen) atoms. The van der Waals surface area contributed by atoms with E-state index in [2.05, 4.69) is 10.2 Å². The van der Waals surface area contributed by atoms with E-state index in [1.165, 1.54) is 0 Å². The first-order valence-corrected chi connectivity index (χ1v) is 8.72. The van der Waals surface area contributed by atoms with E-state index in [0.717, 1.165) is 31.5 Å². The van der Waals surface area contributed by atoms with Crippen LogP contribution < -0.4 is 5.32 Å². The number of rotatable bonds is 5. The molecule has 1 aromatic rings. The molecule has 5 nitrogen and oxygen atoms in total. The van der Waals surface area contributed by atoms with E-state index in [0.29, 0.717) is 30.7 Å². The summed E-state index contributed by atoms with van der Waals surface area (Å²) in [4.78, 5) is 28.0. The lowest BCUT2D eigenvalue weighted by molar-refractivity contribution is -0.128. The fraction of sp³-hybridized carbons (Fsp3) is 0.444. The number of benzene rings is 1. The van der Waals surface area contributed by atoms with Gasteiger partial charge in [-0.05, 0) is 36.6 Å². The number of carbonyl (C=O) groups is 2. The van der Waals surface area contributed by atoms with Crippen LogP contribution in [0.1, 0.15) is 18.4 Å². The van der Waals surface area contributed by atoms with E-state index in [-0.39, 0.29) is 11.8 Å². The zero-order valence-electron chi connectivity index (χ0n) is 13.6. The smallest absolute Gasteiger partial charge is 0.246 e. The second-order valence-corrected chi connectivity index (χ2v) is 6.76. The van der Waals surface area contributed by atoms with Gasteiger partial charge in [-0.1, -0.05) is 23.7 Å². The maximum Gasteiger partial charge on any atom is 0.246 e. The molecule has 1 saturated heterocycles. The third-order valence-corrected chi connectivity index (χ3v) is 4.53. The van der Waals surface area contributed by atoms with Crippen molar-refractivity contribution in [2.45, 2.75) is 18.9 Å². The van der Waals surface area contributed by atoms with Crippen molar-refractivity contribution in [3.63, 3.8) is 0 Å². The van der Waals surface area contributed by atoms with Crippen molar-refractivity contribution in [2.24, 2.45) is 0 Å². The number of hydrogen-bond acceptors (Lipinski definition) is 3. The Morgan fingerprint density at radius 1 is 1.12 bits per heavy atom. The number of carbonyl (C=O) groups excluding carboxylic acids is 2. The number of halogens is 1. The van der Waals surface area contributed by atoms with E-state index < -0.39 is 0 Å². The van der Waals surface area contributed by atoms with E-state index in [9.17, 15) is 9.59 Å². The molecule has 1 aromatic carbocycles. The van der Waals surface area contributed by atoms with Crippen molar-refractivity contribution in [3.05, 3.63) is 40.9 Å². The Hall–Kier alpha value is -1.85. The summed E-state index contributed by atoms with van der Waals surface area (Å²) in [6, 6.07) is 7.76. The highest BCUT2D eigenvalue weighted by Crippen LogP contribution is 2.18. The molecule has 3 rings (SSSR count). The van der Waals surface area contributed by atoms with Crippen LogP contribution in [-0.4, -0.2) is 60.4 Å². The molecule has 1 N–H and O–H groups in total. The molecule has 0 bridgehead atoms. The second-order valence-electron chi connectivity index (χ2n) is 6.33. The van der Waals surface area contributed by atoms with Crippen LogP contribution in [0.25, 0.3) is 6.08 Å². The lowest BCUT2D eigenvalue weighted by atomic mass is 10.2. The molecule has 6 heteroatoms. The summed E-state index contributed by atoms with van der Waals surface area (Å²) in [5, 5.41) is 3.68. The number of hydrogen-bond donors (Lipinski definition) is 1.